The monoisotopic (exact) mass is 283 g/mol. The number of hydrogen-bond acceptors (Lipinski definition) is 3. The molecule has 0 saturated heterocycles. The third-order valence-corrected chi connectivity index (χ3v) is 3.44. The van der Waals surface area contributed by atoms with Crippen LogP contribution in [0.3, 0.4) is 0 Å². The number of fused-ring (bicyclic) bond motifs is 1. The molecule has 0 aliphatic carbocycles. The number of aliphatic hydroxyl groups excluding tert-OH is 1. The van der Waals surface area contributed by atoms with Crippen LogP contribution in [0.25, 0.3) is 22.0 Å². The molecule has 3 rings (SSSR count). The summed E-state index contributed by atoms with van der Waals surface area (Å²) >= 11 is 0. The molecule has 0 spiro atoms. The fourth-order valence-electron chi connectivity index (χ4n) is 2.49. The lowest BCUT2D eigenvalue weighted by Crippen LogP contribution is -2.00. The molecule has 0 aliphatic heterocycles. The molecule has 0 amide bonds. The molecule has 0 unspecified atom stereocenters. The van der Waals surface area contributed by atoms with Crippen LogP contribution in [-0.2, 0) is 6.61 Å². The average molecular weight is 283 g/mol. The molecule has 106 valence electrons. The van der Waals surface area contributed by atoms with Gasteiger partial charge in [-0.05, 0) is 23.8 Å². The van der Waals surface area contributed by atoms with E-state index in [-0.39, 0.29) is 12.4 Å². The number of aromatic nitrogens is 1. The van der Waals surface area contributed by atoms with Crippen LogP contribution in [0.4, 0.5) is 4.39 Å². The third kappa shape index (κ3) is 2.34. The highest BCUT2D eigenvalue weighted by atomic mass is 19.1. The second kappa shape index (κ2) is 5.50. The molecule has 2 aromatic carbocycles. The Morgan fingerprint density at radius 1 is 1.10 bits per heavy atom. The normalized spacial score (nSPS) is 10.8. The van der Waals surface area contributed by atoms with Crippen molar-refractivity contribution in [3.05, 3.63) is 59.9 Å². The van der Waals surface area contributed by atoms with E-state index in [1.54, 1.807) is 12.1 Å². The summed E-state index contributed by atoms with van der Waals surface area (Å²) < 4.78 is 18.4. The van der Waals surface area contributed by atoms with Crippen molar-refractivity contribution < 1.29 is 14.2 Å². The van der Waals surface area contributed by atoms with Crippen molar-refractivity contribution in [2.75, 3.05) is 7.11 Å². The van der Waals surface area contributed by atoms with Crippen molar-refractivity contribution in [1.82, 2.24) is 4.98 Å². The summed E-state index contributed by atoms with van der Waals surface area (Å²) in [4.78, 5) is 4.41. The molecular weight excluding hydrogens is 269 g/mol. The first-order valence-electron chi connectivity index (χ1n) is 6.57. The van der Waals surface area contributed by atoms with E-state index in [2.05, 4.69) is 4.98 Å². The van der Waals surface area contributed by atoms with E-state index >= 15 is 0 Å². The van der Waals surface area contributed by atoms with Crippen LogP contribution in [0.15, 0.2) is 48.5 Å². The van der Waals surface area contributed by atoms with E-state index < -0.39 is 0 Å². The lowest BCUT2D eigenvalue weighted by Gasteiger charge is -2.15. The molecule has 0 fully saturated rings. The summed E-state index contributed by atoms with van der Waals surface area (Å²) in [6.45, 7) is -0.201. The van der Waals surface area contributed by atoms with Gasteiger partial charge in [-0.25, -0.2) is 9.37 Å². The molecule has 21 heavy (non-hydrogen) atoms. The van der Waals surface area contributed by atoms with E-state index in [4.69, 9.17) is 4.74 Å². The Balaban J connectivity index is 2.39. The maximum absolute atomic E-state index is 13.2. The highest BCUT2D eigenvalue weighted by Gasteiger charge is 2.16. The summed E-state index contributed by atoms with van der Waals surface area (Å²) in [6.07, 6.45) is 0. The number of benzene rings is 2. The van der Waals surface area contributed by atoms with Gasteiger partial charge in [0.05, 0.1) is 19.2 Å². The van der Waals surface area contributed by atoms with Crippen LogP contribution in [0, 0.1) is 5.82 Å². The minimum Gasteiger partial charge on any atom is -0.481 e. The Morgan fingerprint density at radius 3 is 2.48 bits per heavy atom. The van der Waals surface area contributed by atoms with Gasteiger partial charge in [-0.3, -0.25) is 0 Å². The van der Waals surface area contributed by atoms with Gasteiger partial charge in [-0.1, -0.05) is 30.3 Å². The SMILES string of the molecule is COc1nc2ccccc2c(-c2ccc(F)cc2)c1CO. The maximum Gasteiger partial charge on any atom is 0.219 e. The number of pyridine rings is 1. The van der Waals surface area contributed by atoms with Crippen molar-refractivity contribution in [3.63, 3.8) is 0 Å². The molecule has 3 aromatic rings. The molecule has 0 aliphatic rings. The summed E-state index contributed by atoms with van der Waals surface area (Å²) in [5, 5.41) is 10.6. The van der Waals surface area contributed by atoms with E-state index in [1.807, 2.05) is 24.3 Å². The Labute approximate surface area is 121 Å². The average Bonchev–Trinajstić information content (AvgIpc) is 2.53. The van der Waals surface area contributed by atoms with Gasteiger partial charge in [-0.2, -0.15) is 0 Å². The number of para-hydroxylation sites is 1. The van der Waals surface area contributed by atoms with E-state index in [0.29, 0.717) is 11.4 Å². The molecule has 0 saturated carbocycles. The van der Waals surface area contributed by atoms with Gasteiger partial charge in [0.2, 0.25) is 5.88 Å². The molecule has 1 heterocycles. The van der Waals surface area contributed by atoms with Gasteiger partial charge in [0, 0.05) is 16.5 Å². The molecule has 1 aromatic heterocycles. The molecule has 0 bridgehead atoms. The molecule has 0 radical (unpaired) electrons. The van der Waals surface area contributed by atoms with Crippen LogP contribution in [0.5, 0.6) is 5.88 Å². The van der Waals surface area contributed by atoms with Crippen molar-refractivity contribution in [3.8, 4) is 17.0 Å². The number of ether oxygens (including phenoxy) is 1. The first kappa shape index (κ1) is 13.5. The van der Waals surface area contributed by atoms with Gasteiger partial charge in [0.15, 0.2) is 0 Å². The minimum atomic E-state index is -0.297. The van der Waals surface area contributed by atoms with Crippen LogP contribution < -0.4 is 4.74 Å². The summed E-state index contributed by atoms with van der Waals surface area (Å²) in [5.74, 6) is 0.0881. The lowest BCUT2D eigenvalue weighted by molar-refractivity contribution is 0.272. The van der Waals surface area contributed by atoms with Crippen LogP contribution in [0.1, 0.15) is 5.56 Å². The van der Waals surface area contributed by atoms with Crippen LogP contribution >= 0.6 is 0 Å². The largest absolute Gasteiger partial charge is 0.481 e. The number of methoxy groups -OCH3 is 1. The number of rotatable bonds is 3. The fraction of sp³-hybridized carbons (Fsp3) is 0.118. The zero-order chi connectivity index (χ0) is 14.8. The van der Waals surface area contributed by atoms with Gasteiger partial charge in [-0.15, -0.1) is 0 Å². The zero-order valence-electron chi connectivity index (χ0n) is 11.5. The Hall–Kier alpha value is -2.46. The Morgan fingerprint density at radius 2 is 1.81 bits per heavy atom. The van der Waals surface area contributed by atoms with E-state index in [1.165, 1.54) is 19.2 Å². The summed E-state index contributed by atoms with van der Waals surface area (Å²) in [5.41, 5.74) is 3.01. The highest BCUT2D eigenvalue weighted by Crippen LogP contribution is 2.36. The van der Waals surface area contributed by atoms with Gasteiger partial charge < -0.3 is 9.84 Å². The number of aliphatic hydroxyl groups is 1. The predicted molar refractivity (Wildman–Crippen MR) is 79.6 cm³/mol. The first-order valence-corrected chi connectivity index (χ1v) is 6.57. The summed E-state index contributed by atoms with van der Waals surface area (Å²) in [6, 6.07) is 13.8. The first-order chi connectivity index (χ1) is 10.2. The van der Waals surface area contributed by atoms with Crippen molar-refractivity contribution >= 4 is 10.9 Å². The predicted octanol–water partition coefficient (Wildman–Crippen LogP) is 3.54. The lowest BCUT2D eigenvalue weighted by atomic mass is 9.96. The zero-order valence-corrected chi connectivity index (χ0v) is 11.5. The van der Waals surface area contributed by atoms with E-state index in [0.717, 1.165) is 22.0 Å². The number of hydrogen-bond donors (Lipinski definition) is 1. The Bertz CT molecular complexity index is 785. The second-order valence-corrected chi connectivity index (χ2v) is 4.66. The molecule has 0 atom stereocenters. The van der Waals surface area contributed by atoms with Crippen molar-refractivity contribution in [2.45, 2.75) is 6.61 Å². The molecule has 1 N–H and O–H groups in total. The third-order valence-electron chi connectivity index (χ3n) is 3.44. The van der Waals surface area contributed by atoms with Gasteiger partial charge in [0.1, 0.15) is 5.82 Å². The Kier molecular flexibility index (Phi) is 3.54. The standard InChI is InChI=1S/C17H14FNO2/c1-21-17-14(10-20)16(11-6-8-12(18)9-7-11)13-4-2-3-5-15(13)19-17/h2-9,20H,10H2,1H3. The van der Waals surface area contributed by atoms with Gasteiger partial charge in [0.25, 0.3) is 0 Å². The van der Waals surface area contributed by atoms with Crippen molar-refractivity contribution in [1.29, 1.82) is 0 Å². The summed E-state index contributed by atoms with van der Waals surface area (Å²) in [7, 11) is 1.52. The minimum absolute atomic E-state index is 0.201. The maximum atomic E-state index is 13.2. The van der Waals surface area contributed by atoms with E-state index in [9.17, 15) is 9.50 Å². The van der Waals surface area contributed by atoms with Crippen LogP contribution in [0.2, 0.25) is 0 Å². The van der Waals surface area contributed by atoms with Gasteiger partial charge >= 0.3 is 0 Å². The number of halogens is 1. The highest BCUT2D eigenvalue weighted by molar-refractivity contribution is 5.97. The topological polar surface area (TPSA) is 42.4 Å². The van der Waals surface area contributed by atoms with Crippen molar-refractivity contribution in [2.24, 2.45) is 0 Å². The molecule has 3 nitrogen and oxygen atoms in total. The number of nitrogens with zero attached hydrogens (tertiary/aromatic N) is 1. The molecule has 4 heteroatoms. The van der Waals surface area contributed by atoms with Crippen LogP contribution in [-0.4, -0.2) is 17.2 Å². The fourth-order valence-corrected chi connectivity index (χ4v) is 2.49. The molecular formula is C17H14FNO2. The smallest absolute Gasteiger partial charge is 0.219 e. The second-order valence-electron chi connectivity index (χ2n) is 4.66. The quantitative estimate of drug-likeness (QED) is 0.799.